The maximum atomic E-state index is 5.41. The minimum atomic E-state index is -0.0855. The van der Waals surface area contributed by atoms with Crippen molar-refractivity contribution in [1.29, 1.82) is 0 Å². The highest BCUT2D eigenvalue weighted by Gasteiger charge is 2.02. The first-order valence-corrected chi connectivity index (χ1v) is 9.39. The van der Waals surface area contributed by atoms with Crippen molar-refractivity contribution in [3.8, 4) is 0 Å². The van der Waals surface area contributed by atoms with Gasteiger partial charge < -0.3 is 15.4 Å². The lowest BCUT2D eigenvalue weighted by atomic mass is 10.1. The Morgan fingerprint density at radius 3 is 2.33 bits per heavy atom. The van der Waals surface area contributed by atoms with Gasteiger partial charge in [-0.2, -0.15) is 0 Å². The molecule has 0 saturated heterocycles. The van der Waals surface area contributed by atoms with E-state index < -0.39 is 0 Å². The highest BCUT2D eigenvalue weighted by Crippen LogP contribution is 2.09. The summed E-state index contributed by atoms with van der Waals surface area (Å²) in [5.41, 5.74) is 5.37. The van der Waals surface area contributed by atoms with Crippen LogP contribution in [0.3, 0.4) is 0 Å². The standard InChI is InChI=1S/C18H37NO5/c1-3-4-5-6-7-8-9-10-11-12-16-21-23-24-22-17-18(2)20-15-13-14-19/h12,16,18H,3-11,13-15,17,19H2,1-2H3. The monoisotopic (exact) mass is 347 g/mol. The Bertz CT molecular complexity index is 264. The molecule has 0 aliphatic heterocycles. The van der Waals surface area contributed by atoms with E-state index in [-0.39, 0.29) is 12.7 Å². The molecule has 144 valence electrons. The lowest BCUT2D eigenvalue weighted by Crippen LogP contribution is -2.18. The Balaban J connectivity index is 3.16. The highest BCUT2D eigenvalue weighted by atomic mass is 17.7. The van der Waals surface area contributed by atoms with Gasteiger partial charge in [0.15, 0.2) is 0 Å². The lowest BCUT2D eigenvalue weighted by Gasteiger charge is -2.10. The Kier molecular flexibility index (Phi) is 19.8. The summed E-state index contributed by atoms with van der Waals surface area (Å²) >= 11 is 0. The summed E-state index contributed by atoms with van der Waals surface area (Å²) in [6.45, 7) is 5.61. The van der Waals surface area contributed by atoms with Gasteiger partial charge in [-0.25, -0.2) is 4.89 Å². The highest BCUT2D eigenvalue weighted by molar-refractivity contribution is 4.71. The van der Waals surface area contributed by atoms with Crippen molar-refractivity contribution in [2.45, 2.75) is 84.2 Å². The van der Waals surface area contributed by atoms with Gasteiger partial charge in [-0.05, 0) is 43.8 Å². The average molecular weight is 347 g/mol. The number of nitrogens with two attached hydrogens (primary N) is 1. The van der Waals surface area contributed by atoms with E-state index in [1.165, 1.54) is 57.6 Å². The number of hydrogen-bond acceptors (Lipinski definition) is 6. The van der Waals surface area contributed by atoms with Gasteiger partial charge in [0.25, 0.3) is 0 Å². The van der Waals surface area contributed by atoms with E-state index in [1.54, 1.807) is 0 Å². The topological polar surface area (TPSA) is 72.2 Å². The number of unbranched alkanes of at least 4 members (excludes halogenated alkanes) is 8. The number of allylic oxidation sites excluding steroid dienone is 1. The first-order chi connectivity index (χ1) is 11.8. The zero-order valence-electron chi connectivity index (χ0n) is 15.5. The van der Waals surface area contributed by atoms with E-state index in [2.05, 4.69) is 17.0 Å². The smallest absolute Gasteiger partial charge is 0.129 e. The van der Waals surface area contributed by atoms with Crippen LogP contribution in [-0.2, 0) is 24.6 Å². The lowest BCUT2D eigenvalue weighted by molar-refractivity contribution is -0.623. The van der Waals surface area contributed by atoms with Gasteiger partial charge in [-0.3, -0.25) is 0 Å². The molecule has 0 aromatic carbocycles. The summed E-state index contributed by atoms with van der Waals surface area (Å²) in [6.07, 6.45) is 15.6. The Morgan fingerprint density at radius 1 is 0.917 bits per heavy atom. The van der Waals surface area contributed by atoms with Gasteiger partial charge in [0.05, 0.1) is 6.10 Å². The van der Waals surface area contributed by atoms with Crippen LogP contribution in [-0.4, -0.2) is 25.9 Å². The van der Waals surface area contributed by atoms with Crippen molar-refractivity contribution in [2.75, 3.05) is 19.8 Å². The summed E-state index contributed by atoms with van der Waals surface area (Å²) in [6, 6.07) is 0. The summed E-state index contributed by atoms with van der Waals surface area (Å²) in [4.78, 5) is 9.49. The van der Waals surface area contributed by atoms with Crippen molar-refractivity contribution in [3.05, 3.63) is 12.3 Å². The molecule has 0 amide bonds. The van der Waals surface area contributed by atoms with Gasteiger partial charge in [0.1, 0.15) is 12.9 Å². The number of rotatable bonds is 19. The van der Waals surface area contributed by atoms with Gasteiger partial charge in [0.2, 0.25) is 0 Å². The van der Waals surface area contributed by atoms with Crippen molar-refractivity contribution < 1.29 is 24.6 Å². The van der Waals surface area contributed by atoms with Crippen LogP contribution in [0.1, 0.15) is 78.1 Å². The predicted octanol–water partition coefficient (Wildman–Crippen LogP) is 4.60. The Hall–Kier alpha value is -0.660. The van der Waals surface area contributed by atoms with Crippen molar-refractivity contribution in [1.82, 2.24) is 0 Å². The fourth-order valence-corrected chi connectivity index (χ4v) is 2.10. The molecule has 0 aromatic rings. The van der Waals surface area contributed by atoms with Crippen LogP contribution in [0.15, 0.2) is 12.3 Å². The predicted molar refractivity (Wildman–Crippen MR) is 94.7 cm³/mol. The summed E-state index contributed by atoms with van der Waals surface area (Å²) in [5, 5.41) is 8.83. The Labute approximate surface area is 147 Å². The molecule has 0 radical (unpaired) electrons. The second kappa shape index (κ2) is 20.4. The quantitative estimate of drug-likeness (QED) is 0.159. The van der Waals surface area contributed by atoms with E-state index >= 15 is 0 Å². The Morgan fingerprint density at radius 2 is 1.62 bits per heavy atom. The molecular formula is C18H37NO5. The van der Waals surface area contributed by atoms with Gasteiger partial charge in [0, 0.05) is 11.6 Å². The third-order valence-corrected chi connectivity index (χ3v) is 3.54. The maximum Gasteiger partial charge on any atom is 0.129 e. The van der Waals surface area contributed by atoms with E-state index in [0.29, 0.717) is 13.2 Å². The summed E-state index contributed by atoms with van der Waals surface area (Å²) < 4.78 is 5.41. The SMILES string of the molecule is CCCCCCCCCCC=COOOOCC(C)OCCCN. The average Bonchev–Trinajstić information content (AvgIpc) is 2.58. The van der Waals surface area contributed by atoms with Crippen LogP contribution in [0.25, 0.3) is 0 Å². The second-order valence-electron chi connectivity index (χ2n) is 5.98. The largest absolute Gasteiger partial charge is 0.376 e. The van der Waals surface area contributed by atoms with Crippen LogP contribution in [0.4, 0.5) is 0 Å². The van der Waals surface area contributed by atoms with Crippen LogP contribution in [0.2, 0.25) is 0 Å². The summed E-state index contributed by atoms with van der Waals surface area (Å²) in [7, 11) is 0. The zero-order chi connectivity index (χ0) is 17.7. The maximum absolute atomic E-state index is 5.41. The van der Waals surface area contributed by atoms with Crippen LogP contribution >= 0.6 is 0 Å². The third kappa shape index (κ3) is 19.4. The third-order valence-electron chi connectivity index (χ3n) is 3.54. The van der Waals surface area contributed by atoms with Crippen LogP contribution in [0, 0.1) is 0 Å². The molecule has 0 aromatic heterocycles. The number of ether oxygens (including phenoxy) is 1. The molecule has 1 unspecified atom stereocenters. The molecule has 0 bridgehead atoms. The van der Waals surface area contributed by atoms with E-state index in [9.17, 15) is 0 Å². The molecule has 2 N–H and O–H groups in total. The normalized spacial score (nSPS) is 12.8. The van der Waals surface area contributed by atoms with Gasteiger partial charge >= 0.3 is 0 Å². The second-order valence-corrected chi connectivity index (χ2v) is 5.98. The van der Waals surface area contributed by atoms with Gasteiger partial charge in [-0.15, -0.1) is 0 Å². The number of hydrogen-bond donors (Lipinski definition) is 1. The molecule has 0 aliphatic rings. The molecule has 0 heterocycles. The molecule has 0 aliphatic carbocycles. The first-order valence-electron chi connectivity index (χ1n) is 9.39. The van der Waals surface area contributed by atoms with E-state index in [0.717, 1.165) is 12.8 Å². The fourth-order valence-electron chi connectivity index (χ4n) is 2.10. The molecule has 1 atom stereocenters. The molecule has 0 spiro atoms. The molecule has 0 fully saturated rings. The molecule has 0 saturated carbocycles. The minimum Gasteiger partial charge on any atom is -0.376 e. The molecule has 6 heteroatoms. The zero-order valence-corrected chi connectivity index (χ0v) is 15.5. The molecule has 24 heavy (non-hydrogen) atoms. The summed E-state index contributed by atoms with van der Waals surface area (Å²) in [5.74, 6) is 0. The van der Waals surface area contributed by atoms with E-state index in [4.69, 9.17) is 20.2 Å². The van der Waals surface area contributed by atoms with Crippen LogP contribution in [0.5, 0.6) is 0 Å². The van der Waals surface area contributed by atoms with Crippen molar-refractivity contribution in [3.63, 3.8) is 0 Å². The molecule has 6 nitrogen and oxygen atoms in total. The minimum absolute atomic E-state index is 0.0855. The van der Waals surface area contributed by atoms with Gasteiger partial charge in [-0.1, -0.05) is 51.9 Å². The molecular weight excluding hydrogens is 310 g/mol. The fraction of sp³-hybridized carbons (Fsp3) is 0.889. The first kappa shape index (κ1) is 23.3. The molecule has 0 rings (SSSR count). The van der Waals surface area contributed by atoms with E-state index in [1.807, 2.05) is 13.0 Å². The van der Waals surface area contributed by atoms with Crippen molar-refractivity contribution >= 4 is 0 Å². The van der Waals surface area contributed by atoms with Crippen molar-refractivity contribution in [2.24, 2.45) is 5.73 Å². The van der Waals surface area contributed by atoms with Crippen LogP contribution < -0.4 is 5.73 Å².